The summed E-state index contributed by atoms with van der Waals surface area (Å²) < 4.78 is 5.20. The summed E-state index contributed by atoms with van der Waals surface area (Å²) in [5, 5.41) is 19.5. The second kappa shape index (κ2) is 10.8. The van der Waals surface area contributed by atoms with Crippen LogP contribution in [0.15, 0.2) is 48.5 Å². The van der Waals surface area contributed by atoms with E-state index in [1.807, 2.05) is 12.1 Å². The average molecular weight is 421 g/mol. The van der Waals surface area contributed by atoms with Gasteiger partial charge in [0.1, 0.15) is 5.75 Å². The molecule has 0 aliphatic carbocycles. The Morgan fingerprint density at radius 1 is 1.21 bits per heavy atom. The van der Waals surface area contributed by atoms with Gasteiger partial charge in [-0.3, -0.25) is 14.8 Å². The van der Waals surface area contributed by atoms with Crippen molar-refractivity contribution in [1.82, 2.24) is 10.4 Å². The Bertz CT molecular complexity index is 828. The van der Waals surface area contributed by atoms with Gasteiger partial charge in [0.2, 0.25) is 5.91 Å². The molecule has 0 saturated carbocycles. The summed E-state index contributed by atoms with van der Waals surface area (Å²) in [6.45, 7) is -0.330. The van der Waals surface area contributed by atoms with Crippen molar-refractivity contribution >= 4 is 23.4 Å². The van der Waals surface area contributed by atoms with E-state index in [2.05, 4.69) is 0 Å². The Morgan fingerprint density at radius 3 is 2.48 bits per heavy atom. The highest BCUT2D eigenvalue weighted by atomic mass is 35.5. The number of nitrogens with one attached hydrogen (secondary N) is 1. The number of hydrogen-bond acceptors (Lipinski definition) is 5. The molecule has 156 valence electrons. The molecule has 3 N–H and O–H groups in total. The van der Waals surface area contributed by atoms with Gasteiger partial charge in [0.15, 0.2) is 0 Å². The summed E-state index contributed by atoms with van der Waals surface area (Å²) in [6, 6.07) is 13.0. The predicted molar refractivity (Wildman–Crippen MR) is 109 cm³/mol. The molecule has 2 aromatic rings. The van der Waals surface area contributed by atoms with Gasteiger partial charge < -0.3 is 14.7 Å². The fourth-order valence-corrected chi connectivity index (χ4v) is 3.23. The lowest BCUT2D eigenvalue weighted by molar-refractivity contribution is -0.134. The molecule has 2 atom stereocenters. The van der Waals surface area contributed by atoms with Crippen LogP contribution in [-0.2, 0) is 11.2 Å². The Hall–Kier alpha value is -2.61. The average Bonchev–Trinajstić information content (AvgIpc) is 2.75. The van der Waals surface area contributed by atoms with Crippen LogP contribution in [0.5, 0.6) is 5.75 Å². The number of aliphatic hydroxyl groups excluding tert-OH is 1. The van der Waals surface area contributed by atoms with Crippen molar-refractivity contribution in [2.45, 2.75) is 18.9 Å². The van der Waals surface area contributed by atoms with E-state index >= 15 is 0 Å². The van der Waals surface area contributed by atoms with E-state index in [0.29, 0.717) is 22.8 Å². The van der Waals surface area contributed by atoms with Crippen molar-refractivity contribution in [3.63, 3.8) is 0 Å². The topological polar surface area (TPSA) is 99.1 Å². The van der Waals surface area contributed by atoms with Gasteiger partial charge in [0, 0.05) is 23.6 Å². The molecule has 2 amide bonds. The van der Waals surface area contributed by atoms with Crippen molar-refractivity contribution < 1.29 is 24.6 Å². The van der Waals surface area contributed by atoms with Gasteiger partial charge in [-0.15, -0.1) is 0 Å². The lowest BCUT2D eigenvalue weighted by Gasteiger charge is -2.29. The van der Waals surface area contributed by atoms with Gasteiger partial charge in [-0.25, -0.2) is 5.48 Å². The monoisotopic (exact) mass is 420 g/mol. The van der Waals surface area contributed by atoms with Crippen molar-refractivity contribution in [3.8, 4) is 5.75 Å². The molecule has 0 radical (unpaired) electrons. The molecule has 0 bridgehead atoms. The van der Waals surface area contributed by atoms with Crippen molar-refractivity contribution in [3.05, 3.63) is 64.7 Å². The molecule has 29 heavy (non-hydrogen) atoms. The van der Waals surface area contributed by atoms with Crippen LogP contribution in [0.2, 0.25) is 5.02 Å². The van der Waals surface area contributed by atoms with Gasteiger partial charge in [0.25, 0.3) is 5.91 Å². The fraction of sp³-hybridized carbons (Fsp3) is 0.333. The van der Waals surface area contributed by atoms with E-state index in [4.69, 9.17) is 21.5 Å². The van der Waals surface area contributed by atoms with Gasteiger partial charge in [0.05, 0.1) is 19.8 Å². The first-order valence-corrected chi connectivity index (χ1v) is 9.47. The first-order valence-electron chi connectivity index (χ1n) is 9.10. The van der Waals surface area contributed by atoms with Crippen molar-refractivity contribution in [2.24, 2.45) is 5.92 Å². The molecular weight excluding hydrogens is 396 g/mol. The van der Waals surface area contributed by atoms with Crippen LogP contribution >= 0.6 is 11.6 Å². The molecule has 0 aliphatic heterocycles. The summed E-state index contributed by atoms with van der Waals surface area (Å²) in [5.41, 5.74) is 2.94. The second-order valence-corrected chi connectivity index (χ2v) is 7.16. The number of aliphatic hydroxyl groups is 1. The fourth-order valence-electron chi connectivity index (χ4n) is 3.10. The zero-order chi connectivity index (χ0) is 21.4. The molecule has 0 fully saturated rings. The zero-order valence-electron chi connectivity index (χ0n) is 16.3. The van der Waals surface area contributed by atoms with E-state index in [9.17, 15) is 14.7 Å². The normalized spacial score (nSPS) is 12.7. The summed E-state index contributed by atoms with van der Waals surface area (Å²) in [7, 11) is 3.12. The summed E-state index contributed by atoms with van der Waals surface area (Å²) in [6.07, 6.45) is 0.471. The Balaban J connectivity index is 2.16. The SMILES string of the molecule is COc1cccc(C[C@@H](C[C@@H](CO)N(C)C(=O)c2ccc(Cl)cc2)C(=O)NO)c1. The smallest absolute Gasteiger partial charge is 0.253 e. The number of rotatable bonds is 9. The minimum Gasteiger partial charge on any atom is -0.497 e. The number of amides is 2. The van der Waals surface area contributed by atoms with Crippen LogP contribution in [0.4, 0.5) is 0 Å². The lowest BCUT2D eigenvalue weighted by atomic mass is 9.91. The second-order valence-electron chi connectivity index (χ2n) is 6.72. The molecule has 0 heterocycles. The first-order chi connectivity index (χ1) is 13.9. The summed E-state index contributed by atoms with van der Waals surface area (Å²) in [5.74, 6) is -0.895. The van der Waals surface area contributed by atoms with Gasteiger partial charge >= 0.3 is 0 Å². The van der Waals surface area contributed by atoms with E-state index in [1.165, 1.54) is 4.90 Å². The van der Waals surface area contributed by atoms with E-state index in [1.54, 1.807) is 56.0 Å². The lowest BCUT2D eigenvalue weighted by Crippen LogP contribution is -2.43. The molecule has 2 aromatic carbocycles. The van der Waals surface area contributed by atoms with Crippen molar-refractivity contribution in [1.29, 1.82) is 0 Å². The number of hydrogen-bond donors (Lipinski definition) is 3. The molecule has 2 rings (SSSR count). The Morgan fingerprint density at radius 2 is 1.90 bits per heavy atom. The van der Waals surface area contributed by atoms with E-state index in [0.717, 1.165) is 5.56 Å². The van der Waals surface area contributed by atoms with Crippen LogP contribution in [0.3, 0.4) is 0 Å². The molecule has 0 spiro atoms. The number of likely N-dealkylation sites (N-methyl/N-ethyl adjacent to an activating group) is 1. The van der Waals surface area contributed by atoms with Crippen LogP contribution in [0, 0.1) is 5.92 Å². The number of hydroxylamine groups is 1. The van der Waals surface area contributed by atoms with Crippen molar-refractivity contribution in [2.75, 3.05) is 20.8 Å². The molecule has 0 aliphatic rings. The highest BCUT2D eigenvalue weighted by molar-refractivity contribution is 6.30. The minimum atomic E-state index is -0.662. The number of carbonyl (C=O) groups excluding carboxylic acids is 2. The Labute approximate surface area is 174 Å². The van der Waals surface area contributed by atoms with E-state index in [-0.39, 0.29) is 18.9 Å². The molecule has 0 saturated heterocycles. The maximum Gasteiger partial charge on any atom is 0.253 e. The number of carbonyl (C=O) groups is 2. The third-order valence-electron chi connectivity index (χ3n) is 4.82. The van der Waals surface area contributed by atoms with Gasteiger partial charge in [-0.05, 0) is 54.8 Å². The van der Waals surface area contributed by atoms with Gasteiger partial charge in [-0.1, -0.05) is 23.7 Å². The Kier molecular flexibility index (Phi) is 8.45. The van der Waals surface area contributed by atoms with Crippen LogP contribution in [0.25, 0.3) is 0 Å². The number of ether oxygens (including phenoxy) is 1. The number of nitrogens with zero attached hydrogens (tertiary/aromatic N) is 1. The third kappa shape index (κ3) is 6.19. The third-order valence-corrected chi connectivity index (χ3v) is 5.08. The van der Waals surface area contributed by atoms with Crippen LogP contribution in [-0.4, -0.2) is 53.8 Å². The molecular formula is C21H25ClN2O5. The molecule has 7 nitrogen and oxygen atoms in total. The standard InChI is InChI=1S/C21H25ClN2O5/c1-24(21(27)15-6-8-17(22)9-7-15)18(13-25)12-16(20(26)23-28)10-14-4-3-5-19(11-14)29-2/h3-9,11,16,18,25,28H,10,12-13H2,1-2H3,(H,23,26)/t16-,18-/m0/s1. The highest BCUT2D eigenvalue weighted by Crippen LogP contribution is 2.21. The predicted octanol–water partition coefficient (Wildman–Crippen LogP) is 2.54. The molecule has 8 heteroatoms. The highest BCUT2D eigenvalue weighted by Gasteiger charge is 2.28. The van der Waals surface area contributed by atoms with Gasteiger partial charge in [-0.2, -0.15) is 0 Å². The largest absolute Gasteiger partial charge is 0.497 e. The molecule has 0 aromatic heterocycles. The first kappa shape index (κ1) is 22.7. The number of methoxy groups -OCH3 is 1. The van der Waals surface area contributed by atoms with E-state index < -0.39 is 17.9 Å². The quantitative estimate of drug-likeness (QED) is 0.427. The molecule has 0 unspecified atom stereocenters. The minimum absolute atomic E-state index is 0.163. The zero-order valence-corrected chi connectivity index (χ0v) is 17.1. The number of benzene rings is 2. The number of halogens is 1. The van der Waals surface area contributed by atoms with Crippen LogP contribution in [0.1, 0.15) is 22.3 Å². The summed E-state index contributed by atoms with van der Waals surface area (Å²) >= 11 is 5.86. The maximum atomic E-state index is 12.7. The van der Waals surface area contributed by atoms with Crippen LogP contribution < -0.4 is 10.2 Å². The maximum absolute atomic E-state index is 12.7. The summed E-state index contributed by atoms with van der Waals surface area (Å²) in [4.78, 5) is 26.3.